The molecule has 62 valence electrons. The number of rotatable bonds is 5. The second kappa shape index (κ2) is 7.10. The molecule has 0 bridgehead atoms. The molecule has 0 amide bonds. The zero-order valence-electron chi connectivity index (χ0n) is 6.93. The van der Waals surface area contributed by atoms with Gasteiger partial charge < -0.3 is 4.74 Å². The first-order chi connectivity index (χ1) is 5.31. The van der Waals surface area contributed by atoms with E-state index in [1.54, 1.807) is 6.08 Å². The van der Waals surface area contributed by atoms with Crippen molar-refractivity contribution in [2.45, 2.75) is 26.2 Å². The molecular weight excluding hydrogens is 140 g/mol. The monoisotopic (exact) mass is 154 g/mol. The highest BCUT2D eigenvalue weighted by molar-refractivity contribution is 5.70. The molecule has 0 radical (unpaired) electrons. The molecule has 0 unspecified atom stereocenters. The first kappa shape index (κ1) is 9.99. The Kier molecular flexibility index (Phi) is 6.45. The summed E-state index contributed by atoms with van der Waals surface area (Å²) < 4.78 is 4.85. The standard InChI is InChI=1S/C9H14O2/c1-3-5-7-9(10)11-8-6-4-2/h5H,1,4,6-8H2,2H3. The van der Waals surface area contributed by atoms with E-state index in [0.717, 1.165) is 12.8 Å². The summed E-state index contributed by atoms with van der Waals surface area (Å²) in [5, 5.41) is 0. The molecule has 0 aromatic heterocycles. The van der Waals surface area contributed by atoms with Crippen LogP contribution in [0, 0.1) is 0 Å². The largest absolute Gasteiger partial charge is 0.465 e. The van der Waals surface area contributed by atoms with E-state index in [2.05, 4.69) is 19.2 Å². The van der Waals surface area contributed by atoms with Crippen molar-refractivity contribution in [3.05, 3.63) is 18.4 Å². The number of ether oxygens (including phenoxy) is 1. The smallest absolute Gasteiger partial charge is 0.310 e. The lowest BCUT2D eigenvalue weighted by atomic mass is 10.3. The van der Waals surface area contributed by atoms with Gasteiger partial charge in [0.25, 0.3) is 0 Å². The molecule has 0 saturated heterocycles. The van der Waals surface area contributed by atoms with Crippen LogP contribution < -0.4 is 0 Å². The molecule has 0 spiro atoms. The summed E-state index contributed by atoms with van der Waals surface area (Å²) in [4.78, 5) is 10.8. The van der Waals surface area contributed by atoms with Crippen LogP contribution in [0.25, 0.3) is 0 Å². The zero-order valence-corrected chi connectivity index (χ0v) is 6.93. The van der Waals surface area contributed by atoms with Crippen molar-refractivity contribution in [2.75, 3.05) is 6.61 Å². The summed E-state index contributed by atoms with van der Waals surface area (Å²) in [7, 11) is 0. The lowest BCUT2D eigenvalue weighted by Gasteiger charge is -1.99. The molecule has 0 aliphatic rings. The van der Waals surface area contributed by atoms with Gasteiger partial charge in [0.2, 0.25) is 0 Å². The highest BCUT2D eigenvalue weighted by atomic mass is 16.5. The van der Waals surface area contributed by atoms with Crippen LogP contribution in [0.3, 0.4) is 0 Å². The van der Waals surface area contributed by atoms with Crippen LogP contribution in [0.1, 0.15) is 26.2 Å². The Morgan fingerprint density at radius 1 is 1.73 bits per heavy atom. The van der Waals surface area contributed by atoms with Crippen LogP contribution in [-0.2, 0) is 9.53 Å². The molecule has 0 N–H and O–H groups in total. The van der Waals surface area contributed by atoms with Gasteiger partial charge in [0.15, 0.2) is 0 Å². The van der Waals surface area contributed by atoms with Gasteiger partial charge in [0.1, 0.15) is 0 Å². The highest BCUT2D eigenvalue weighted by Gasteiger charge is 1.96. The maximum Gasteiger partial charge on any atom is 0.310 e. The predicted octanol–water partition coefficient (Wildman–Crippen LogP) is 2.06. The number of carbonyl (C=O) groups is 1. The third kappa shape index (κ3) is 6.88. The molecule has 0 rings (SSSR count). The molecule has 0 saturated carbocycles. The third-order valence-electron chi connectivity index (χ3n) is 1.17. The first-order valence-corrected chi connectivity index (χ1v) is 3.81. The molecule has 2 heteroatoms. The summed E-state index contributed by atoms with van der Waals surface area (Å²) in [6.45, 7) is 5.92. The summed E-state index contributed by atoms with van der Waals surface area (Å²) in [6.07, 6.45) is 3.83. The van der Waals surface area contributed by atoms with Gasteiger partial charge in [0.05, 0.1) is 13.0 Å². The minimum absolute atomic E-state index is 0.199. The van der Waals surface area contributed by atoms with Crippen LogP contribution in [0.5, 0.6) is 0 Å². The average molecular weight is 154 g/mol. The maximum atomic E-state index is 10.8. The number of hydrogen-bond donors (Lipinski definition) is 0. The van der Waals surface area contributed by atoms with Crippen LogP contribution >= 0.6 is 0 Å². The second-order valence-electron chi connectivity index (χ2n) is 2.19. The first-order valence-electron chi connectivity index (χ1n) is 3.81. The van der Waals surface area contributed by atoms with E-state index in [-0.39, 0.29) is 12.4 Å². The minimum atomic E-state index is -0.199. The van der Waals surface area contributed by atoms with Crippen LogP contribution in [0.2, 0.25) is 0 Å². The van der Waals surface area contributed by atoms with E-state index in [1.165, 1.54) is 0 Å². The Morgan fingerprint density at radius 2 is 2.45 bits per heavy atom. The lowest BCUT2D eigenvalue weighted by Crippen LogP contribution is -2.03. The molecule has 0 aliphatic heterocycles. The van der Waals surface area contributed by atoms with Crippen molar-refractivity contribution < 1.29 is 9.53 Å². The summed E-state index contributed by atoms with van der Waals surface area (Å²) in [5.74, 6) is -0.199. The summed E-state index contributed by atoms with van der Waals surface area (Å²) >= 11 is 0. The topological polar surface area (TPSA) is 26.3 Å². The second-order valence-corrected chi connectivity index (χ2v) is 2.19. The Balaban J connectivity index is 3.29. The van der Waals surface area contributed by atoms with Crippen molar-refractivity contribution in [3.8, 4) is 0 Å². The van der Waals surface area contributed by atoms with Crippen molar-refractivity contribution in [3.63, 3.8) is 0 Å². The van der Waals surface area contributed by atoms with Crippen molar-refractivity contribution in [2.24, 2.45) is 0 Å². The van der Waals surface area contributed by atoms with Crippen molar-refractivity contribution >= 4 is 5.97 Å². The van der Waals surface area contributed by atoms with E-state index in [0.29, 0.717) is 6.61 Å². The van der Waals surface area contributed by atoms with Crippen molar-refractivity contribution in [1.82, 2.24) is 0 Å². The SMILES string of the molecule is C=C=CCC(=O)OCCCC. The average Bonchev–Trinajstić information content (AvgIpc) is 2.01. The zero-order chi connectivity index (χ0) is 8.53. The summed E-state index contributed by atoms with van der Waals surface area (Å²) in [5.41, 5.74) is 2.51. The van der Waals surface area contributed by atoms with Gasteiger partial charge in [-0.3, -0.25) is 4.79 Å². The summed E-state index contributed by atoms with van der Waals surface area (Å²) in [6, 6.07) is 0. The Hall–Kier alpha value is -1.01. The third-order valence-corrected chi connectivity index (χ3v) is 1.17. The van der Waals surface area contributed by atoms with Gasteiger partial charge in [-0.25, -0.2) is 0 Å². The fourth-order valence-corrected chi connectivity index (χ4v) is 0.545. The van der Waals surface area contributed by atoms with Crippen molar-refractivity contribution in [1.29, 1.82) is 0 Å². The molecule has 11 heavy (non-hydrogen) atoms. The Labute approximate surface area is 67.6 Å². The van der Waals surface area contributed by atoms with E-state index in [4.69, 9.17) is 4.74 Å². The van der Waals surface area contributed by atoms with Gasteiger partial charge in [-0.1, -0.05) is 19.9 Å². The normalized spacial score (nSPS) is 8.45. The van der Waals surface area contributed by atoms with E-state index >= 15 is 0 Å². The highest BCUT2D eigenvalue weighted by Crippen LogP contribution is 1.91. The lowest BCUT2D eigenvalue weighted by molar-refractivity contribution is -0.142. The fourth-order valence-electron chi connectivity index (χ4n) is 0.545. The Bertz CT molecular complexity index is 155. The van der Waals surface area contributed by atoms with Gasteiger partial charge in [-0.05, 0) is 12.5 Å². The van der Waals surface area contributed by atoms with E-state index in [9.17, 15) is 4.79 Å². The molecule has 0 aromatic rings. The molecule has 2 nitrogen and oxygen atoms in total. The van der Waals surface area contributed by atoms with Crippen LogP contribution in [0.15, 0.2) is 18.4 Å². The van der Waals surface area contributed by atoms with Gasteiger partial charge in [-0.2, -0.15) is 0 Å². The maximum absolute atomic E-state index is 10.8. The molecule has 0 aromatic carbocycles. The Morgan fingerprint density at radius 3 is 3.00 bits per heavy atom. The van der Waals surface area contributed by atoms with E-state index in [1.807, 2.05) is 0 Å². The molecule has 0 heterocycles. The van der Waals surface area contributed by atoms with Gasteiger partial charge >= 0.3 is 5.97 Å². The number of esters is 1. The number of carbonyl (C=O) groups excluding carboxylic acids is 1. The predicted molar refractivity (Wildman–Crippen MR) is 44.2 cm³/mol. The quantitative estimate of drug-likeness (QED) is 0.344. The minimum Gasteiger partial charge on any atom is -0.465 e. The van der Waals surface area contributed by atoms with Gasteiger partial charge in [0, 0.05) is 0 Å². The fraction of sp³-hybridized carbons (Fsp3) is 0.556. The van der Waals surface area contributed by atoms with Gasteiger partial charge in [-0.15, -0.1) is 5.73 Å². The molecule has 0 fully saturated rings. The molecule has 0 aliphatic carbocycles. The van der Waals surface area contributed by atoms with E-state index < -0.39 is 0 Å². The van der Waals surface area contributed by atoms with Crippen LogP contribution in [-0.4, -0.2) is 12.6 Å². The molecule has 0 atom stereocenters. The number of hydrogen-bond acceptors (Lipinski definition) is 2. The number of unbranched alkanes of at least 4 members (excludes halogenated alkanes) is 1. The molecular formula is C9H14O2. The van der Waals surface area contributed by atoms with Crippen LogP contribution in [0.4, 0.5) is 0 Å².